The van der Waals surface area contributed by atoms with Crippen molar-refractivity contribution in [3.05, 3.63) is 64.4 Å². The summed E-state index contributed by atoms with van der Waals surface area (Å²) in [5.74, 6) is 0.0713. The predicted octanol–water partition coefficient (Wildman–Crippen LogP) is 3.78. The van der Waals surface area contributed by atoms with Crippen LogP contribution in [0.1, 0.15) is 5.56 Å². The van der Waals surface area contributed by atoms with Crippen LogP contribution in [0.25, 0.3) is 0 Å². The number of hydrogen-bond donors (Lipinski definition) is 0. The molecule has 0 aromatic heterocycles. The highest BCUT2D eigenvalue weighted by Crippen LogP contribution is 2.23. The first-order valence-corrected chi connectivity index (χ1v) is 6.58. The molecule has 0 unspecified atom stereocenters. The van der Waals surface area contributed by atoms with E-state index in [2.05, 4.69) is 15.9 Å². The molecule has 2 aromatic rings. The fourth-order valence-electron chi connectivity index (χ4n) is 1.63. The average molecular weight is 323 g/mol. The van der Waals surface area contributed by atoms with E-state index in [0.717, 1.165) is 4.47 Å². The standard InChI is InChI=1S/C15H12BrFO2/c16-13-6-2-4-8-15(13)19-10-12(18)9-11-5-1-3-7-14(11)17/h1-8H,9-10H2. The lowest BCUT2D eigenvalue weighted by molar-refractivity contribution is -0.120. The molecule has 0 N–H and O–H groups in total. The summed E-state index contributed by atoms with van der Waals surface area (Å²) in [6.45, 7) is -0.0725. The second-order valence-corrected chi connectivity index (χ2v) is 4.88. The molecule has 0 aliphatic carbocycles. The van der Waals surface area contributed by atoms with Crippen molar-refractivity contribution in [2.45, 2.75) is 6.42 Å². The third-order valence-corrected chi connectivity index (χ3v) is 3.23. The fourth-order valence-corrected chi connectivity index (χ4v) is 2.02. The van der Waals surface area contributed by atoms with Gasteiger partial charge < -0.3 is 4.74 Å². The highest BCUT2D eigenvalue weighted by Gasteiger charge is 2.09. The number of benzene rings is 2. The molecule has 0 aliphatic rings. The molecule has 98 valence electrons. The zero-order valence-electron chi connectivity index (χ0n) is 10.1. The van der Waals surface area contributed by atoms with E-state index in [1.54, 1.807) is 24.3 Å². The third-order valence-electron chi connectivity index (χ3n) is 2.57. The molecule has 0 heterocycles. The lowest BCUT2D eigenvalue weighted by atomic mass is 10.1. The smallest absolute Gasteiger partial charge is 0.174 e. The van der Waals surface area contributed by atoms with Crippen LogP contribution >= 0.6 is 15.9 Å². The zero-order valence-corrected chi connectivity index (χ0v) is 11.7. The van der Waals surface area contributed by atoms with Crippen LogP contribution in [0.2, 0.25) is 0 Å². The molecule has 2 aromatic carbocycles. The summed E-state index contributed by atoms with van der Waals surface area (Å²) in [5, 5.41) is 0. The monoisotopic (exact) mass is 322 g/mol. The van der Waals surface area contributed by atoms with Gasteiger partial charge in [0.25, 0.3) is 0 Å². The Kier molecular flexibility index (Phi) is 4.68. The largest absolute Gasteiger partial charge is 0.485 e. The van der Waals surface area contributed by atoms with Gasteiger partial charge in [0.05, 0.1) is 4.47 Å². The molecule has 2 rings (SSSR count). The van der Waals surface area contributed by atoms with E-state index in [-0.39, 0.29) is 24.6 Å². The number of ether oxygens (including phenoxy) is 1. The van der Waals surface area contributed by atoms with Crippen LogP contribution in [-0.4, -0.2) is 12.4 Å². The maximum absolute atomic E-state index is 13.4. The van der Waals surface area contributed by atoms with Gasteiger partial charge in [0.2, 0.25) is 0 Å². The van der Waals surface area contributed by atoms with Crippen molar-refractivity contribution in [2.75, 3.05) is 6.61 Å². The predicted molar refractivity (Wildman–Crippen MR) is 74.7 cm³/mol. The number of para-hydroxylation sites is 1. The Bertz CT molecular complexity index is 584. The summed E-state index contributed by atoms with van der Waals surface area (Å²) in [7, 11) is 0. The van der Waals surface area contributed by atoms with E-state index in [1.807, 2.05) is 18.2 Å². The van der Waals surface area contributed by atoms with E-state index in [1.165, 1.54) is 6.07 Å². The van der Waals surface area contributed by atoms with Crippen LogP contribution in [0.3, 0.4) is 0 Å². The minimum absolute atomic E-state index is 0.0388. The first-order chi connectivity index (χ1) is 9.16. The maximum atomic E-state index is 13.4. The molecule has 0 spiro atoms. The quantitative estimate of drug-likeness (QED) is 0.837. The Morgan fingerprint density at radius 2 is 1.79 bits per heavy atom. The topological polar surface area (TPSA) is 26.3 Å². The van der Waals surface area contributed by atoms with Crippen molar-refractivity contribution in [1.29, 1.82) is 0 Å². The van der Waals surface area contributed by atoms with Gasteiger partial charge >= 0.3 is 0 Å². The summed E-state index contributed by atoms with van der Waals surface area (Å²) in [6, 6.07) is 13.5. The van der Waals surface area contributed by atoms with Gasteiger partial charge in [0, 0.05) is 6.42 Å². The Hall–Kier alpha value is -1.68. The van der Waals surface area contributed by atoms with E-state index in [9.17, 15) is 9.18 Å². The second kappa shape index (κ2) is 6.48. The Morgan fingerprint density at radius 3 is 2.53 bits per heavy atom. The van der Waals surface area contributed by atoms with Gasteiger partial charge in [0.1, 0.15) is 18.2 Å². The first-order valence-electron chi connectivity index (χ1n) is 5.79. The van der Waals surface area contributed by atoms with Crippen LogP contribution in [0.15, 0.2) is 53.0 Å². The van der Waals surface area contributed by atoms with Gasteiger partial charge in [-0.1, -0.05) is 30.3 Å². The summed E-state index contributed by atoms with van der Waals surface area (Å²) >= 11 is 3.33. The molecule has 0 radical (unpaired) electrons. The second-order valence-electron chi connectivity index (χ2n) is 4.03. The Morgan fingerprint density at radius 1 is 1.11 bits per heavy atom. The average Bonchev–Trinajstić information content (AvgIpc) is 2.40. The number of carbonyl (C=O) groups excluding carboxylic acids is 1. The van der Waals surface area contributed by atoms with Crippen molar-refractivity contribution >= 4 is 21.7 Å². The van der Waals surface area contributed by atoms with E-state index in [4.69, 9.17) is 4.74 Å². The van der Waals surface area contributed by atoms with Gasteiger partial charge in [-0.3, -0.25) is 4.79 Å². The van der Waals surface area contributed by atoms with Crippen LogP contribution in [0.4, 0.5) is 4.39 Å². The van der Waals surface area contributed by atoms with E-state index in [0.29, 0.717) is 11.3 Å². The van der Waals surface area contributed by atoms with Crippen molar-refractivity contribution in [2.24, 2.45) is 0 Å². The number of Topliss-reactive ketones (excluding diaryl/α,β-unsaturated/α-hetero) is 1. The summed E-state index contributed by atoms with van der Waals surface area (Å²) in [6.07, 6.45) is 0.0388. The van der Waals surface area contributed by atoms with E-state index >= 15 is 0 Å². The van der Waals surface area contributed by atoms with Gasteiger partial charge in [-0.2, -0.15) is 0 Å². The SMILES string of the molecule is O=C(COc1ccccc1Br)Cc1ccccc1F. The number of carbonyl (C=O) groups is 1. The van der Waals surface area contributed by atoms with Crippen LogP contribution in [0.5, 0.6) is 5.75 Å². The molecular formula is C15H12BrFO2. The molecule has 0 amide bonds. The van der Waals surface area contributed by atoms with Gasteiger partial charge in [0.15, 0.2) is 5.78 Å². The highest BCUT2D eigenvalue weighted by molar-refractivity contribution is 9.10. The molecule has 19 heavy (non-hydrogen) atoms. The maximum Gasteiger partial charge on any atom is 0.174 e. The molecular weight excluding hydrogens is 311 g/mol. The zero-order chi connectivity index (χ0) is 13.7. The lowest BCUT2D eigenvalue weighted by Gasteiger charge is -2.07. The minimum Gasteiger partial charge on any atom is -0.485 e. The summed E-state index contributed by atoms with van der Waals surface area (Å²) in [4.78, 5) is 11.7. The molecule has 0 bridgehead atoms. The molecule has 2 nitrogen and oxygen atoms in total. The third kappa shape index (κ3) is 3.89. The van der Waals surface area contributed by atoms with Crippen LogP contribution < -0.4 is 4.74 Å². The molecule has 4 heteroatoms. The summed E-state index contributed by atoms with van der Waals surface area (Å²) < 4.78 is 19.6. The van der Waals surface area contributed by atoms with E-state index < -0.39 is 0 Å². The van der Waals surface area contributed by atoms with Gasteiger partial charge in [-0.25, -0.2) is 4.39 Å². The summed E-state index contributed by atoms with van der Waals surface area (Å²) in [5.41, 5.74) is 0.392. The van der Waals surface area contributed by atoms with Crippen LogP contribution in [0, 0.1) is 5.82 Å². The Labute approximate surface area is 119 Å². The molecule has 0 aliphatic heterocycles. The normalized spacial score (nSPS) is 10.2. The number of rotatable bonds is 5. The minimum atomic E-state index is -0.364. The number of halogens is 2. The van der Waals surface area contributed by atoms with Crippen LogP contribution in [-0.2, 0) is 11.2 Å². The van der Waals surface area contributed by atoms with Crippen molar-refractivity contribution in [3.8, 4) is 5.75 Å². The molecule has 0 saturated carbocycles. The number of ketones is 1. The molecule has 0 fully saturated rings. The lowest BCUT2D eigenvalue weighted by Crippen LogP contribution is -2.14. The number of hydrogen-bond acceptors (Lipinski definition) is 2. The van der Waals surface area contributed by atoms with Gasteiger partial charge in [-0.15, -0.1) is 0 Å². The highest BCUT2D eigenvalue weighted by atomic mass is 79.9. The van der Waals surface area contributed by atoms with Crippen molar-refractivity contribution in [1.82, 2.24) is 0 Å². The first kappa shape index (κ1) is 13.7. The fraction of sp³-hybridized carbons (Fsp3) is 0.133. The Balaban J connectivity index is 1.92. The van der Waals surface area contributed by atoms with Crippen molar-refractivity contribution in [3.63, 3.8) is 0 Å². The van der Waals surface area contributed by atoms with Gasteiger partial charge in [-0.05, 0) is 39.7 Å². The van der Waals surface area contributed by atoms with Crippen molar-refractivity contribution < 1.29 is 13.9 Å². The molecule has 0 atom stereocenters. The molecule has 0 saturated heterocycles.